The van der Waals surface area contributed by atoms with Crippen LogP contribution in [0.15, 0.2) is 48.5 Å². The number of likely N-dealkylation sites (tertiary alicyclic amines) is 1. The van der Waals surface area contributed by atoms with Gasteiger partial charge in [-0.2, -0.15) is 0 Å². The van der Waals surface area contributed by atoms with Crippen LogP contribution in [0.4, 0.5) is 0 Å². The largest absolute Gasteiger partial charge is 0.497 e. The summed E-state index contributed by atoms with van der Waals surface area (Å²) >= 11 is 5.88. The number of carbonyl (C=O) groups is 2. The molecule has 1 atom stereocenters. The number of Topliss-reactive ketones (excluding diaryl/α,β-unsaturated/α-hetero) is 1. The Bertz CT molecular complexity index is 773. The molecule has 4 nitrogen and oxygen atoms in total. The summed E-state index contributed by atoms with van der Waals surface area (Å²) in [6.07, 6.45) is 1.61. The van der Waals surface area contributed by atoms with E-state index in [0.717, 1.165) is 12.8 Å². The van der Waals surface area contributed by atoms with E-state index in [1.807, 2.05) is 0 Å². The summed E-state index contributed by atoms with van der Waals surface area (Å²) < 4.78 is 5.18. The molecule has 1 heterocycles. The molecule has 0 radical (unpaired) electrons. The second-order valence-corrected chi connectivity index (χ2v) is 6.63. The van der Waals surface area contributed by atoms with Crippen LogP contribution in [-0.4, -0.2) is 36.8 Å². The Balaban J connectivity index is 1.73. The van der Waals surface area contributed by atoms with Crippen LogP contribution < -0.4 is 4.74 Å². The van der Waals surface area contributed by atoms with Gasteiger partial charge in [0.1, 0.15) is 5.75 Å². The van der Waals surface area contributed by atoms with E-state index in [4.69, 9.17) is 16.3 Å². The summed E-state index contributed by atoms with van der Waals surface area (Å²) in [7, 11) is 1.57. The first kappa shape index (κ1) is 17.5. The van der Waals surface area contributed by atoms with Gasteiger partial charge in [-0.05, 0) is 55.3 Å². The van der Waals surface area contributed by atoms with E-state index in [0.29, 0.717) is 35.0 Å². The maximum atomic E-state index is 12.8. The summed E-state index contributed by atoms with van der Waals surface area (Å²) in [5.41, 5.74) is 1.23. The quantitative estimate of drug-likeness (QED) is 0.774. The topological polar surface area (TPSA) is 46.6 Å². The van der Waals surface area contributed by atoms with Gasteiger partial charge >= 0.3 is 0 Å². The minimum atomic E-state index is -0.176. The average Bonchev–Trinajstić information content (AvgIpc) is 2.67. The van der Waals surface area contributed by atoms with Gasteiger partial charge < -0.3 is 9.64 Å². The van der Waals surface area contributed by atoms with E-state index in [1.54, 1.807) is 60.5 Å². The maximum absolute atomic E-state index is 12.8. The van der Waals surface area contributed by atoms with Gasteiger partial charge in [0.2, 0.25) is 0 Å². The fraction of sp³-hybridized carbons (Fsp3) is 0.300. The molecule has 3 rings (SSSR count). The zero-order chi connectivity index (χ0) is 17.8. The van der Waals surface area contributed by atoms with Gasteiger partial charge in [-0.1, -0.05) is 17.7 Å². The van der Waals surface area contributed by atoms with E-state index in [-0.39, 0.29) is 17.6 Å². The number of hydrogen-bond acceptors (Lipinski definition) is 3. The third kappa shape index (κ3) is 4.02. The van der Waals surface area contributed by atoms with Crippen molar-refractivity contribution in [3.63, 3.8) is 0 Å². The predicted molar refractivity (Wildman–Crippen MR) is 97.4 cm³/mol. The second-order valence-electron chi connectivity index (χ2n) is 6.19. The van der Waals surface area contributed by atoms with Crippen molar-refractivity contribution in [2.24, 2.45) is 5.92 Å². The number of halogens is 1. The van der Waals surface area contributed by atoms with Gasteiger partial charge in [0.15, 0.2) is 5.78 Å². The number of nitrogens with zero attached hydrogens (tertiary/aromatic N) is 1. The number of hydrogen-bond donors (Lipinski definition) is 0. The van der Waals surface area contributed by atoms with Crippen molar-refractivity contribution in [1.29, 1.82) is 0 Å². The number of carbonyl (C=O) groups excluding carboxylic acids is 2. The van der Waals surface area contributed by atoms with Crippen LogP contribution in [-0.2, 0) is 0 Å². The highest BCUT2D eigenvalue weighted by Crippen LogP contribution is 2.24. The number of piperidine rings is 1. The van der Waals surface area contributed by atoms with Crippen molar-refractivity contribution < 1.29 is 14.3 Å². The predicted octanol–water partition coefficient (Wildman–Crippen LogP) is 4.08. The number of ketones is 1. The second kappa shape index (κ2) is 7.70. The summed E-state index contributed by atoms with van der Waals surface area (Å²) in [5, 5.41) is 0.607. The minimum absolute atomic E-state index is 0.0625. The van der Waals surface area contributed by atoms with E-state index in [1.165, 1.54) is 0 Å². The van der Waals surface area contributed by atoms with Gasteiger partial charge in [-0.3, -0.25) is 9.59 Å². The molecule has 1 amide bonds. The Morgan fingerprint density at radius 2 is 1.88 bits per heavy atom. The molecule has 130 valence electrons. The zero-order valence-corrected chi connectivity index (χ0v) is 14.8. The monoisotopic (exact) mass is 357 g/mol. The molecule has 1 aliphatic rings. The molecule has 1 unspecified atom stereocenters. The summed E-state index contributed by atoms with van der Waals surface area (Å²) in [6, 6.07) is 14.0. The Morgan fingerprint density at radius 3 is 2.60 bits per heavy atom. The lowest BCUT2D eigenvalue weighted by Gasteiger charge is -2.32. The Labute approximate surface area is 152 Å². The van der Waals surface area contributed by atoms with Crippen molar-refractivity contribution in [3.8, 4) is 5.75 Å². The minimum Gasteiger partial charge on any atom is -0.497 e. The number of amides is 1. The van der Waals surface area contributed by atoms with Crippen molar-refractivity contribution in [1.82, 2.24) is 4.90 Å². The van der Waals surface area contributed by atoms with E-state index < -0.39 is 0 Å². The van der Waals surface area contributed by atoms with Gasteiger partial charge in [0, 0.05) is 35.2 Å². The first-order valence-electron chi connectivity index (χ1n) is 8.31. The molecule has 2 aromatic carbocycles. The fourth-order valence-corrected chi connectivity index (χ4v) is 3.29. The number of benzene rings is 2. The summed E-state index contributed by atoms with van der Waals surface area (Å²) in [4.78, 5) is 27.2. The molecule has 0 aromatic heterocycles. The highest BCUT2D eigenvalue weighted by Gasteiger charge is 2.29. The molecule has 0 N–H and O–H groups in total. The Morgan fingerprint density at radius 1 is 1.12 bits per heavy atom. The molecule has 2 aromatic rings. The number of rotatable bonds is 4. The normalized spacial score (nSPS) is 17.2. The lowest BCUT2D eigenvalue weighted by Crippen LogP contribution is -2.42. The third-order valence-electron chi connectivity index (χ3n) is 4.52. The highest BCUT2D eigenvalue weighted by molar-refractivity contribution is 6.30. The first-order valence-corrected chi connectivity index (χ1v) is 8.69. The maximum Gasteiger partial charge on any atom is 0.254 e. The molecule has 5 heteroatoms. The highest BCUT2D eigenvalue weighted by atomic mass is 35.5. The van der Waals surface area contributed by atoms with Crippen LogP contribution in [0.2, 0.25) is 5.02 Å². The Kier molecular flexibility index (Phi) is 5.39. The molecule has 0 spiro atoms. The molecule has 1 fully saturated rings. The van der Waals surface area contributed by atoms with Crippen LogP contribution in [0.3, 0.4) is 0 Å². The molecule has 1 saturated heterocycles. The van der Waals surface area contributed by atoms with E-state index in [9.17, 15) is 9.59 Å². The number of methoxy groups -OCH3 is 1. The van der Waals surface area contributed by atoms with Crippen molar-refractivity contribution in [3.05, 3.63) is 64.7 Å². The van der Waals surface area contributed by atoms with Crippen LogP contribution in [0, 0.1) is 5.92 Å². The van der Waals surface area contributed by atoms with Gasteiger partial charge in [0.05, 0.1) is 7.11 Å². The standard InChI is InChI=1S/C20H20ClNO3/c1-25-18-6-2-4-15(12-18)20(24)22-11-3-5-16(13-22)19(23)14-7-9-17(21)10-8-14/h2,4,6-10,12,16H,3,5,11,13H2,1H3. The first-order chi connectivity index (χ1) is 12.1. The van der Waals surface area contributed by atoms with Crippen LogP contribution in [0.1, 0.15) is 33.6 Å². The lowest BCUT2D eigenvalue weighted by atomic mass is 9.89. The molecule has 0 aliphatic carbocycles. The molecule has 1 aliphatic heterocycles. The fourth-order valence-electron chi connectivity index (χ4n) is 3.16. The van der Waals surface area contributed by atoms with Gasteiger partial charge in [-0.25, -0.2) is 0 Å². The molecular weight excluding hydrogens is 338 g/mol. The summed E-state index contributed by atoms with van der Waals surface area (Å²) in [6.45, 7) is 1.11. The number of ether oxygens (including phenoxy) is 1. The van der Waals surface area contributed by atoms with Crippen LogP contribution in [0.25, 0.3) is 0 Å². The van der Waals surface area contributed by atoms with Crippen molar-refractivity contribution >= 4 is 23.3 Å². The van der Waals surface area contributed by atoms with Crippen molar-refractivity contribution in [2.45, 2.75) is 12.8 Å². The van der Waals surface area contributed by atoms with Gasteiger partial charge in [0.25, 0.3) is 5.91 Å². The molecular formula is C20H20ClNO3. The summed E-state index contributed by atoms with van der Waals surface area (Å²) in [5.74, 6) is 0.480. The zero-order valence-electron chi connectivity index (χ0n) is 14.1. The SMILES string of the molecule is COc1cccc(C(=O)N2CCCC(C(=O)c3ccc(Cl)cc3)C2)c1. The lowest BCUT2D eigenvalue weighted by molar-refractivity contribution is 0.0636. The molecule has 25 heavy (non-hydrogen) atoms. The Hall–Kier alpha value is -2.33. The van der Waals surface area contributed by atoms with Crippen molar-refractivity contribution in [2.75, 3.05) is 20.2 Å². The van der Waals surface area contributed by atoms with E-state index in [2.05, 4.69) is 0 Å². The average molecular weight is 358 g/mol. The molecule has 0 bridgehead atoms. The van der Waals surface area contributed by atoms with E-state index >= 15 is 0 Å². The third-order valence-corrected chi connectivity index (χ3v) is 4.78. The smallest absolute Gasteiger partial charge is 0.254 e. The van der Waals surface area contributed by atoms with Crippen LogP contribution in [0.5, 0.6) is 5.75 Å². The van der Waals surface area contributed by atoms with Gasteiger partial charge in [-0.15, -0.1) is 0 Å². The van der Waals surface area contributed by atoms with Crippen LogP contribution >= 0.6 is 11.6 Å². The molecule has 0 saturated carbocycles.